The van der Waals surface area contributed by atoms with Crippen LogP contribution in [-0.4, -0.2) is 57.5 Å². The molecule has 1 aromatic heterocycles. The fraction of sp³-hybridized carbons (Fsp3) is 0.308. The van der Waals surface area contributed by atoms with Gasteiger partial charge in [0.2, 0.25) is 5.91 Å². The number of H-pyrrole nitrogens is 1. The van der Waals surface area contributed by atoms with Crippen molar-refractivity contribution in [3.8, 4) is 34.0 Å². The standard InChI is InChI=1S/C26H28N4O5/c1-3-24(32)27-19-10-11-30(14-19)25(33)15-35-20-7-4-17(5-8-20)21-13-22(29-26(34)28-21)18-6-9-23(31)16(2)12-18/h4-9,12-13,19,31H,3,10-11,14-15H2,1-2H3,(H,27,32)(H,28,29,34). The number of likely N-dealkylation sites (tertiary alicyclic amines) is 1. The predicted octanol–water partition coefficient (Wildman–Crippen LogP) is 2.62. The average molecular weight is 477 g/mol. The highest BCUT2D eigenvalue weighted by Gasteiger charge is 2.27. The molecule has 1 aliphatic heterocycles. The maximum atomic E-state index is 12.5. The van der Waals surface area contributed by atoms with Crippen molar-refractivity contribution in [2.45, 2.75) is 32.7 Å². The van der Waals surface area contributed by atoms with E-state index in [1.807, 2.05) is 0 Å². The summed E-state index contributed by atoms with van der Waals surface area (Å²) >= 11 is 0. The Hall–Kier alpha value is -4.14. The van der Waals surface area contributed by atoms with Crippen molar-refractivity contribution in [1.82, 2.24) is 20.2 Å². The molecule has 35 heavy (non-hydrogen) atoms. The van der Waals surface area contributed by atoms with Crippen LogP contribution in [0.2, 0.25) is 0 Å². The van der Waals surface area contributed by atoms with Crippen LogP contribution in [0.15, 0.2) is 53.3 Å². The molecule has 2 aromatic carbocycles. The van der Waals surface area contributed by atoms with Crippen molar-refractivity contribution in [2.24, 2.45) is 0 Å². The number of hydrogen-bond acceptors (Lipinski definition) is 6. The molecule has 0 bridgehead atoms. The smallest absolute Gasteiger partial charge is 0.345 e. The summed E-state index contributed by atoms with van der Waals surface area (Å²) in [6.45, 7) is 4.57. The zero-order chi connectivity index (χ0) is 24.9. The molecule has 2 amide bonds. The normalized spacial score (nSPS) is 15.1. The van der Waals surface area contributed by atoms with E-state index in [0.29, 0.717) is 42.2 Å². The number of aromatic amines is 1. The van der Waals surface area contributed by atoms with Crippen molar-refractivity contribution >= 4 is 11.8 Å². The van der Waals surface area contributed by atoms with Gasteiger partial charge in [0, 0.05) is 31.1 Å². The second-order valence-corrected chi connectivity index (χ2v) is 8.55. The lowest BCUT2D eigenvalue weighted by molar-refractivity contribution is -0.132. The van der Waals surface area contributed by atoms with Crippen LogP contribution in [0.1, 0.15) is 25.3 Å². The Kier molecular flexibility index (Phi) is 7.14. The minimum Gasteiger partial charge on any atom is -0.508 e. The van der Waals surface area contributed by atoms with E-state index in [2.05, 4.69) is 15.3 Å². The third-order valence-electron chi connectivity index (χ3n) is 5.99. The summed E-state index contributed by atoms with van der Waals surface area (Å²) < 4.78 is 5.66. The Bertz CT molecular complexity index is 1290. The molecule has 0 spiro atoms. The number of nitrogens with one attached hydrogen (secondary N) is 2. The Morgan fingerprint density at radius 2 is 1.91 bits per heavy atom. The van der Waals surface area contributed by atoms with Crippen LogP contribution in [0.25, 0.3) is 22.5 Å². The van der Waals surface area contributed by atoms with E-state index in [-0.39, 0.29) is 30.2 Å². The van der Waals surface area contributed by atoms with Gasteiger partial charge >= 0.3 is 5.69 Å². The van der Waals surface area contributed by atoms with Gasteiger partial charge in [-0.15, -0.1) is 0 Å². The molecule has 3 aromatic rings. The number of phenolic OH excluding ortho intramolecular Hbond substituents is 1. The average Bonchev–Trinajstić information content (AvgIpc) is 3.32. The lowest BCUT2D eigenvalue weighted by Gasteiger charge is -2.17. The van der Waals surface area contributed by atoms with Crippen LogP contribution in [0.5, 0.6) is 11.5 Å². The second kappa shape index (κ2) is 10.4. The van der Waals surface area contributed by atoms with E-state index < -0.39 is 5.69 Å². The molecule has 1 unspecified atom stereocenters. The van der Waals surface area contributed by atoms with E-state index in [0.717, 1.165) is 17.5 Å². The van der Waals surface area contributed by atoms with Crippen LogP contribution in [0.4, 0.5) is 0 Å². The molecule has 1 aliphatic rings. The van der Waals surface area contributed by atoms with Gasteiger partial charge < -0.3 is 25.0 Å². The summed E-state index contributed by atoms with van der Waals surface area (Å²) in [5.74, 6) is 0.569. The number of ether oxygens (including phenoxy) is 1. The summed E-state index contributed by atoms with van der Waals surface area (Å²) in [5.41, 5.74) is 2.78. The summed E-state index contributed by atoms with van der Waals surface area (Å²) in [5, 5.41) is 12.7. The number of phenols is 1. The highest BCUT2D eigenvalue weighted by atomic mass is 16.5. The zero-order valence-corrected chi connectivity index (χ0v) is 19.7. The number of aromatic hydroxyl groups is 1. The van der Waals surface area contributed by atoms with Crippen LogP contribution in [0.3, 0.4) is 0 Å². The molecule has 1 saturated heterocycles. The fourth-order valence-electron chi connectivity index (χ4n) is 3.98. The molecular formula is C26H28N4O5. The van der Waals surface area contributed by atoms with Crippen LogP contribution in [-0.2, 0) is 9.59 Å². The van der Waals surface area contributed by atoms with E-state index in [9.17, 15) is 19.5 Å². The van der Waals surface area contributed by atoms with Crippen LogP contribution in [0, 0.1) is 6.92 Å². The summed E-state index contributed by atoms with van der Waals surface area (Å²) in [6, 6.07) is 13.9. The first-order valence-electron chi connectivity index (χ1n) is 11.5. The van der Waals surface area contributed by atoms with Crippen molar-refractivity contribution in [2.75, 3.05) is 19.7 Å². The highest BCUT2D eigenvalue weighted by molar-refractivity contribution is 5.79. The number of hydrogen-bond donors (Lipinski definition) is 3. The molecule has 0 saturated carbocycles. The molecule has 182 valence electrons. The molecule has 0 aliphatic carbocycles. The number of rotatable bonds is 7. The molecule has 9 nitrogen and oxygen atoms in total. The first-order valence-corrected chi connectivity index (χ1v) is 11.5. The molecule has 0 radical (unpaired) electrons. The van der Waals surface area contributed by atoms with Gasteiger partial charge in [-0.2, -0.15) is 4.98 Å². The van der Waals surface area contributed by atoms with Gasteiger partial charge in [-0.25, -0.2) is 4.79 Å². The van der Waals surface area contributed by atoms with Crippen molar-refractivity contribution in [3.63, 3.8) is 0 Å². The second-order valence-electron chi connectivity index (χ2n) is 8.55. The quantitative estimate of drug-likeness (QED) is 0.482. The van der Waals surface area contributed by atoms with Crippen molar-refractivity contribution < 1.29 is 19.4 Å². The number of carbonyl (C=O) groups is 2. The molecule has 1 atom stereocenters. The summed E-state index contributed by atoms with van der Waals surface area (Å²) in [6.07, 6.45) is 1.16. The molecular weight excluding hydrogens is 448 g/mol. The summed E-state index contributed by atoms with van der Waals surface area (Å²) in [7, 11) is 0. The summed E-state index contributed by atoms with van der Waals surface area (Å²) in [4.78, 5) is 44.7. The van der Waals surface area contributed by atoms with Gasteiger partial charge in [-0.05, 0) is 73.0 Å². The SMILES string of the molecule is CCC(=O)NC1CCN(C(=O)COc2ccc(-c3cc(-c4ccc(O)c(C)c4)nc(=O)[nH]3)cc2)C1. The first-order chi connectivity index (χ1) is 16.8. The Morgan fingerprint density at radius 3 is 2.63 bits per heavy atom. The van der Waals surface area contributed by atoms with E-state index in [4.69, 9.17) is 4.74 Å². The van der Waals surface area contributed by atoms with Gasteiger partial charge in [-0.3, -0.25) is 9.59 Å². The number of aryl methyl sites for hydroxylation is 1. The van der Waals surface area contributed by atoms with Gasteiger partial charge in [-0.1, -0.05) is 6.92 Å². The van der Waals surface area contributed by atoms with Gasteiger partial charge in [0.25, 0.3) is 5.91 Å². The maximum absolute atomic E-state index is 12.5. The topological polar surface area (TPSA) is 125 Å². The molecule has 1 fully saturated rings. The Balaban J connectivity index is 1.39. The first kappa shape index (κ1) is 24.0. The van der Waals surface area contributed by atoms with Crippen molar-refractivity contribution in [3.05, 3.63) is 64.6 Å². The predicted molar refractivity (Wildman–Crippen MR) is 131 cm³/mol. The number of carbonyl (C=O) groups excluding carboxylic acids is 2. The minimum atomic E-state index is -0.479. The van der Waals surface area contributed by atoms with Crippen LogP contribution >= 0.6 is 0 Å². The van der Waals surface area contributed by atoms with Gasteiger partial charge in [0.05, 0.1) is 11.4 Å². The third-order valence-corrected chi connectivity index (χ3v) is 5.99. The van der Waals surface area contributed by atoms with Crippen molar-refractivity contribution in [1.29, 1.82) is 0 Å². The van der Waals surface area contributed by atoms with E-state index >= 15 is 0 Å². The third kappa shape index (κ3) is 5.87. The monoisotopic (exact) mass is 476 g/mol. The maximum Gasteiger partial charge on any atom is 0.345 e. The number of nitrogens with zero attached hydrogens (tertiary/aromatic N) is 2. The van der Waals surface area contributed by atoms with Crippen LogP contribution < -0.4 is 15.7 Å². The van der Waals surface area contributed by atoms with Gasteiger partial charge in [0.15, 0.2) is 6.61 Å². The van der Waals surface area contributed by atoms with E-state index in [1.54, 1.807) is 67.3 Å². The molecule has 2 heterocycles. The molecule has 9 heteroatoms. The minimum absolute atomic E-state index is 0.0106. The van der Waals surface area contributed by atoms with Gasteiger partial charge in [0.1, 0.15) is 11.5 Å². The number of amides is 2. The Morgan fingerprint density at radius 1 is 1.17 bits per heavy atom. The lowest BCUT2D eigenvalue weighted by Crippen LogP contribution is -2.39. The fourth-order valence-corrected chi connectivity index (χ4v) is 3.98. The zero-order valence-electron chi connectivity index (χ0n) is 19.7. The van der Waals surface area contributed by atoms with E-state index in [1.165, 1.54) is 0 Å². The number of benzene rings is 2. The largest absolute Gasteiger partial charge is 0.508 e. The Labute approximate surface area is 202 Å². The highest BCUT2D eigenvalue weighted by Crippen LogP contribution is 2.27. The molecule has 4 rings (SSSR count). The molecule has 3 N–H and O–H groups in total. The number of aromatic nitrogens is 2. The lowest BCUT2D eigenvalue weighted by atomic mass is 10.1.